The van der Waals surface area contributed by atoms with Crippen molar-refractivity contribution in [2.75, 3.05) is 18.9 Å². The smallest absolute Gasteiger partial charge is 0.387 e. The Morgan fingerprint density at radius 3 is 3.07 bits per heavy atom. The summed E-state index contributed by atoms with van der Waals surface area (Å²) in [5, 5.41) is 10.4. The normalized spacial score (nSPS) is 33.3. The summed E-state index contributed by atoms with van der Waals surface area (Å²) in [6, 6.07) is 0. The third kappa shape index (κ3) is 3.22. The molecule has 5 atom stereocenters. The Bertz CT molecular complexity index is 955. The summed E-state index contributed by atoms with van der Waals surface area (Å²) in [4.78, 5) is 22.1. The minimum Gasteiger partial charge on any atom is -0.387 e. The molecular formula is C13H15FN5O7P. The monoisotopic (exact) mass is 403 g/mol. The molecule has 2 saturated heterocycles. The fourth-order valence-corrected chi connectivity index (χ4v) is 4.26. The van der Waals surface area contributed by atoms with E-state index >= 15 is 0 Å². The highest BCUT2D eigenvalue weighted by molar-refractivity contribution is 7.48. The van der Waals surface area contributed by atoms with Crippen LogP contribution >= 0.6 is 7.82 Å². The molecule has 2 bridgehead atoms. The van der Waals surface area contributed by atoms with Crippen LogP contribution in [0.3, 0.4) is 0 Å². The van der Waals surface area contributed by atoms with Gasteiger partial charge >= 0.3 is 13.9 Å². The highest BCUT2D eigenvalue weighted by Gasteiger charge is 2.53. The van der Waals surface area contributed by atoms with Crippen LogP contribution in [-0.4, -0.2) is 61.9 Å². The fourth-order valence-electron chi connectivity index (χ4n) is 2.87. The van der Waals surface area contributed by atoms with Gasteiger partial charge in [0.1, 0.15) is 24.9 Å². The number of Topliss-reactive ketones (excluding diaryl/α,β-unsaturated/α-hetero) is 1. The maximum atomic E-state index is 13.6. The predicted molar refractivity (Wildman–Crippen MR) is 84.7 cm³/mol. The number of nitrogens with two attached hydrogens (primary N) is 1. The number of rotatable bonds is 4. The van der Waals surface area contributed by atoms with Crippen LogP contribution in [0, 0.1) is 6.08 Å². The van der Waals surface area contributed by atoms with Gasteiger partial charge in [-0.05, 0) is 6.92 Å². The maximum absolute atomic E-state index is 13.6. The van der Waals surface area contributed by atoms with E-state index in [0.29, 0.717) is 0 Å². The number of nitrogens with zero attached hydrogens (tertiary/aromatic N) is 4. The van der Waals surface area contributed by atoms with Gasteiger partial charge in [-0.1, -0.05) is 0 Å². The van der Waals surface area contributed by atoms with E-state index in [-0.39, 0.29) is 29.4 Å². The molecule has 3 N–H and O–H groups in total. The Morgan fingerprint density at radius 1 is 1.56 bits per heavy atom. The first-order valence-electron chi connectivity index (χ1n) is 7.83. The number of carbonyl (C=O) groups is 1. The summed E-state index contributed by atoms with van der Waals surface area (Å²) >= 11 is 0. The van der Waals surface area contributed by atoms with Crippen LogP contribution in [-0.2, 0) is 27.7 Å². The molecule has 0 radical (unpaired) electrons. The Morgan fingerprint density at radius 2 is 2.33 bits per heavy atom. The largest absolute Gasteiger partial charge is 0.475 e. The zero-order valence-corrected chi connectivity index (χ0v) is 14.8. The van der Waals surface area contributed by atoms with E-state index in [1.807, 2.05) is 0 Å². The number of hydrogen-bond acceptors (Lipinski definition) is 11. The topological polar surface area (TPSA) is 161 Å². The molecule has 12 nitrogen and oxygen atoms in total. The predicted octanol–water partition coefficient (Wildman–Crippen LogP) is -0.0650. The molecule has 0 spiro atoms. The van der Waals surface area contributed by atoms with Gasteiger partial charge in [-0.25, -0.2) is 9.55 Å². The number of fused-ring (bicyclic) bond motifs is 3. The number of anilines is 1. The first-order chi connectivity index (χ1) is 12.8. The first-order valence-corrected chi connectivity index (χ1v) is 9.29. The van der Waals surface area contributed by atoms with E-state index in [2.05, 4.69) is 15.0 Å². The number of ether oxygens (including phenoxy) is 1. The summed E-state index contributed by atoms with van der Waals surface area (Å²) in [5.74, 6) is -0.557. The van der Waals surface area contributed by atoms with Crippen LogP contribution in [0.5, 0.6) is 0 Å². The third-order valence-electron chi connectivity index (χ3n) is 4.08. The Balaban J connectivity index is 1.69. The van der Waals surface area contributed by atoms with Crippen molar-refractivity contribution in [1.82, 2.24) is 19.5 Å². The number of aromatic nitrogens is 4. The van der Waals surface area contributed by atoms with Crippen molar-refractivity contribution < 1.29 is 37.2 Å². The van der Waals surface area contributed by atoms with E-state index in [0.717, 1.165) is 0 Å². The number of phosphoric acid groups is 1. The van der Waals surface area contributed by atoms with Crippen molar-refractivity contribution in [3.05, 3.63) is 12.4 Å². The Hall–Kier alpha value is -2.02. The standard InChI is InChI=1S/C13H15FN5O7P/c1-5(20)2-23-27(22)24-3-6-8(21)9(26-27)12(25-6)19-4-16-7-10(15)17-13(14)18-11(7)19/h4,6,8-9,12,21H,2-3H2,1H3,(H2,15,17,18)/t6-,8+,9?,12-,27?/m1/s1. The molecule has 0 amide bonds. The molecule has 146 valence electrons. The molecule has 2 fully saturated rings. The van der Waals surface area contributed by atoms with Crippen molar-refractivity contribution in [2.45, 2.75) is 31.5 Å². The van der Waals surface area contributed by atoms with Crippen LogP contribution in [0.1, 0.15) is 13.2 Å². The van der Waals surface area contributed by atoms with Gasteiger partial charge in [-0.3, -0.25) is 22.9 Å². The average Bonchev–Trinajstić information content (AvgIpc) is 3.09. The zero-order valence-electron chi connectivity index (χ0n) is 13.9. The van der Waals surface area contributed by atoms with Gasteiger partial charge in [0, 0.05) is 0 Å². The van der Waals surface area contributed by atoms with E-state index in [4.69, 9.17) is 24.0 Å². The summed E-state index contributed by atoms with van der Waals surface area (Å²) in [6.45, 7) is 0.452. The van der Waals surface area contributed by atoms with Gasteiger partial charge in [-0.15, -0.1) is 0 Å². The molecule has 2 aromatic heterocycles. The van der Waals surface area contributed by atoms with Crippen molar-refractivity contribution in [3.8, 4) is 0 Å². The molecule has 4 heterocycles. The van der Waals surface area contributed by atoms with Crippen molar-refractivity contribution in [2.24, 2.45) is 0 Å². The van der Waals surface area contributed by atoms with Crippen LogP contribution in [0.25, 0.3) is 11.2 Å². The average molecular weight is 403 g/mol. The van der Waals surface area contributed by atoms with E-state index in [9.17, 15) is 18.9 Å². The number of phosphoric ester groups is 1. The van der Waals surface area contributed by atoms with Crippen LogP contribution in [0.15, 0.2) is 6.33 Å². The molecular weight excluding hydrogens is 388 g/mol. The fraction of sp³-hybridized carbons (Fsp3) is 0.538. The SMILES string of the molecule is CC(=O)COP1(=O)OC[C@H]2O[C@@H](n3cnc4c(N)nc(F)nc43)C(O1)[C@H]2O. The van der Waals surface area contributed by atoms with Crippen molar-refractivity contribution >= 4 is 30.6 Å². The molecule has 14 heteroatoms. The first kappa shape index (κ1) is 18.3. The minimum absolute atomic E-state index is 0.00688. The molecule has 0 saturated carbocycles. The maximum Gasteiger partial charge on any atom is 0.475 e. The molecule has 2 unspecified atom stereocenters. The van der Waals surface area contributed by atoms with E-state index in [1.54, 1.807) is 0 Å². The molecule has 0 aliphatic carbocycles. The second-order valence-corrected chi connectivity index (χ2v) is 7.67. The quantitative estimate of drug-likeness (QED) is 0.519. The van der Waals surface area contributed by atoms with Crippen LogP contribution in [0.4, 0.5) is 10.2 Å². The van der Waals surface area contributed by atoms with Crippen LogP contribution in [0.2, 0.25) is 0 Å². The van der Waals surface area contributed by atoms with Gasteiger partial charge < -0.3 is 15.6 Å². The lowest BCUT2D eigenvalue weighted by Crippen LogP contribution is -2.32. The summed E-state index contributed by atoms with van der Waals surface area (Å²) < 4.78 is 48.6. The van der Waals surface area contributed by atoms with Crippen molar-refractivity contribution in [1.29, 1.82) is 0 Å². The molecule has 0 aromatic carbocycles. The number of hydrogen-bond donors (Lipinski definition) is 2. The second kappa shape index (κ2) is 6.55. The van der Waals surface area contributed by atoms with Gasteiger partial charge in [0.05, 0.1) is 12.9 Å². The molecule has 27 heavy (non-hydrogen) atoms. The zero-order chi connectivity index (χ0) is 19.3. The van der Waals surface area contributed by atoms with Gasteiger partial charge in [0.2, 0.25) is 0 Å². The lowest BCUT2D eigenvalue weighted by molar-refractivity contribution is -0.120. The van der Waals surface area contributed by atoms with Crippen LogP contribution < -0.4 is 5.73 Å². The number of imidazole rings is 1. The van der Waals surface area contributed by atoms with E-state index < -0.39 is 45.0 Å². The third-order valence-corrected chi connectivity index (χ3v) is 5.49. The number of aliphatic hydroxyl groups excluding tert-OH is 1. The highest BCUT2D eigenvalue weighted by atomic mass is 31.2. The molecule has 2 aliphatic heterocycles. The number of carbonyl (C=O) groups excluding carboxylic acids is 1. The Labute approximate surface area is 151 Å². The van der Waals surface area contributed by atoms with E-state index in [1.165, 1.54) is 17.8 Å². The lowest BCUT2D eigenvalue weighted by atomic mass is 10.1. The van der Waals surface area contributed by atoms with Crippen molar-refractivity contribution in [3.63, 3.8) is 0 Å². The highest BCUT2D eigenvalue weighted by Crippen LogP contribution is 2.56. The number of halogens is 1. The second-order valence-electron chi connectivity index (χ2n) is 6.05. The summed E-state index contributed by atoms with van der Waals surface area (Å²) in [5.41, 5.74) is 5.77. The van der Waals surface area contributed by atoms with Gasteiger partial charge in [-0.2, -0.15) is 14.4 Å². The Kier molecular flexibility index (Phi) is 4.45. The molecule has 2 aliphatic rings. The molecule has 2 aromatic rings. The lowest BCUT2D eigenvalue weighted by Gasteiger charge is -2.26. The van der Waals surface area contributed by atoms with Gasteiger partial charge in [0.15, 0.2) is 29.0 Å². The summed E-state index contributed by atoms with van der Waals surface area (Å²) in [7, 11) is -4.14. The minimum atomic E-state index is -4.14. The summed E-state index contributed by atoms with van der Waals surface area (Å²) in [6.07, 6.45) is -4.23. The van der Waals surface area contributed by atoms with Gasteiger partial charge in [0.25, 0.3) is 0 Å². The number of aliphatic hydroxyl groups is 1. The number of ketones is 1. The number of nitrogen functional groups attached to an aromatic ring is 1. The molecule has 4 rings (SSSR count).